The maximum Gasteiger partial charge on any atom is 0.177 e. The van der Waals surface area contributed by atoms with Crippen LogP contribution < -0.4 is 5.73 Å². The van der Waals surface area contributed by atoms with Crippen LogP contribution in [0.25, 0.3) is 0 Å². The van der Waals surface area contributed by atoms with Crippen molar-refractivity contribution in [2.45, 2.75) is 49.1 Å². The largest absolute Gasteiger partial charge is 0.369 e. The van der Waals surface area contributed by atoms with Gasteiger partial charge in [-0.3, -0.25) is 0 Å². The van der Waals surface area contributed by atoms with Gasteiger partial charge in [-0.1, -0.05) is 43.7 Å². The first-order valence-corrected chi connectivity index (χ1v) is 8.39. The summed E-state index contributed by atoms with van der Waals surface area (Å²) in [4.78, 5) is 0. The van der Waals surface area contributed by atoms with Crippen molar-refractivity contribution in [2.24, 2.45) is 5.73 Å². The number of benzene rings is 1. The Hall–Kier alpha value is -0.570. The highest BCUT2D eigenvalue weighted by atomic mass is 127. The second-order valence-corrected chi connectivity index (χ2v) is 6.84. The molecule has 0 aliphatic heterocycles. The van der Waals surface area contributed by atoms with Crippen LogP contribution in [0.3, 0.4) is 0 Å². The Labute approximate surface area is 136 Å². The smallest absolute Gasteiger partial charge is 0.177 e. The van der Waals surface area contributed by atoms with Crippen LogP contribution in [0.1, 0.15) is 50.2 Å². The molecule has 20 heavy (non-hydrogen) atoms. The van der Waals surface area contributed by atoms with E-state index in [0.717, 1.165) is 44.1 Å². The topological polar surface area (TPSA) is 46.2 Å². The molecule has 0 saturated heterocycles. The molecule has 0 amide bonds. The summed E-state index contributed by atoms with van der Waals surface area (Å²) in [5.74, 6) is 6.07. The normalized spacial score (nSPS) is 13.4. The van der Waals surface area contributed by atoms with Gasteiger partial charge in [-0.25, -0.2) is 0 Å². The molecule has 0 saturated carbocycles. The van der Waals surface area contributed by atoms with Gasteiger partial charge in [0.2, 0.25) is 0 Å². The van der Waals surface area contributed by atoms with E-state index in [9.17, 15) is 5.11 Å². The number of unbranched alkanes of at least 4 members (excludes halogenated alkanes) is 2. The lowest BCUT2D eigenvalue weighted by Crippen LogP contribution is -2.16. The first-order valence-electron chi connectivity index (χ1n) is 7.31. The zero-order valence-electron chi connectivity index (χ0n) is 12.2. The lowest BCUT2D eigenvalue weighted by Gasteiger charge is -2.13. The molecule has 1 aromatic carbocycles. The molecular weight excluding hydrogens is 361 g/mol. The third kappa shape index (κ3) is 7.28. The van der Waals surface area contributed by atoms with Crippen LogP contribution in [0, 0.1) is 11.8 Å². The molecule has 1 rings (SSSR count). The lowest BCUT2D eigenvalue weighted by molar-refractivity contribution is 0.200. The van der Waals surface area contributed by atoms with Gasteiger partial charge in [-0.05, 0) is 72.5 Å². The highest BCUT2D eigenvalue weighted by Gasteiger charge is 2.18. The summed E-state index contributed by atoms with van der Waals surface area (Å²) in [6, 6.07) is 8.18. The fourth-order valence-corrected chi connectivity index (χ4v) is 2.47. The Morgan fingerprint density at radius 2 is 2.10 bits per heavy atom. The third-order valence-electron chi connectivity index (χ3n) is 3.11. The summed E-state index contributed by atoms with van der Waals surface area (Å²) >= 11 is 2.04. The summed E-state index contributed by atoms with van der Waals surface area (Å²) < 4.78 is -0.916. The van der Waals surface area contributed by atoms with E-state index in [1.54, 1.807) is 0 Å². The number of hydrogen-bond acceptors (Lipinski definition) is 2. The van der Waals surface area contributed by atoms with Crippen LogP contribution in [0.4, 0.5) is 0 Å². The van der Waals surface area contributed by atoms with E-state index in [0.29, 0.717) is 6.54 Å². The SMILES string of the molecule is CCCCCC(O)(I)C#Cc1cccc(CCCN)c1. The standard InChI is InChI=1S/C17H24INO/c1-2-3-4-11-17(18,20)12-10-16-8-5-7-15(14-16)9-6-13-19/h5,7-8,14,20H,2-4,6,9,11,13,19H2,1H3. The summed E-state index contributed by atoms with van der Waals surface area (Å²) in [6.45, 7) is 2.87. The molecule has 1 atom stereocenters. The van der Waals surface area contributed by atoms with E-state index in [4.69, 9.17) is 5.73 Å². The van der Waals surface area contributed by atoms with Gasteiger partial charge >= 0.3 is 0 Å². The van der Waals surface area contributed by atoms with Gasteiger partial charge in [0, 0.05) is 5.56 Å². The number of aryl methyl sites for hydroxylation is 1. The van der Waals surface area contributed by atoms with Gasteiger partial charge in [0.25, 0.3) is 0 Å². The van der Waals surface area contributed by atoms with Crippen molar-refractivity contribution >= 4 is 22.6 Å². The zero-order valence-corrected chi connectivity index (χ0v) is 14.3. The predicted molar refractivity (Wildman–Crippen MR) is 93.8 cm³/mol. The number of nitrogens with two attached hydrogens (primary N) is 1. The van der Waals surface area contributed by atoms with Crippen molar-refractivity contribution in [1.29, 1.82) is 0 Å². The molecule has 0 aliphatic carbocycles. The second-order valence-electron chi connectivity index (χ2n) is 5.06. The molecule has 1 unspecified atom stereocenters. The van der Waals surface area contributed by atoms with E-state index in [1.165, 1.54) is 5.56 Å². The Morgan fingerprint density at radius 3 is 2.80 bits per heavy atom. The van der Waals surface area contributed by atoms with Crippen molar-refractivity contribution in [3.05, 3.63) is 35.4 Å². The van der Waals surface area contributed by atoms with Gasteiger partial charge in [0.1, 0.15) is 0 Å². The minimum absolute atomic E-state index is 0.709. The average molecular weight is 385 g/mol. The molecule has 0 fully saturated rings. The van der Waals surface area contributed by atoms with E-state index in [1.807, 2.05) is 34.7 Å². The van der Waals surface area contributed by atoms with Crippen LogP contribution in [-0.4, -0.2) is 15.3 Å². The first-order chi connectivity index (χ1) is 9.57. The second kappa shape index (κ2) is 9.38. The molecule has 0 radical (unpaired) electrons. The van der Waals surface area contributed by atoms with E-state index in [-0.39, 0.29) is 0 Å². The van der Waals surface area contributed by atoms with Crippen LogP contribution in [0.15, 0.2) is 24.3 Å². The fraction of sp³-hybridized carbons (Fsp3) is 0.529. The van der Waals surface area contributed by atoms with Crippen molar-refractivity contribution in [3.8, 4) is 11.8 Å². The molecule has 110 valence electrons. The molecule has 0 aliphatic rings. The summed E-state index contributed by atoms with van der Waals surface area (Å²) in [7, 11) is 0. The van der Waals surface area contributed by atoms with Crippen LogP contribution in [-0.2, 0) is 6.42 Å². The van der Waals surface area contributed by atoms with E-state index < -0.39 is 3.61 Å². The third-order valence-corrected chi connectivity index (χ3v) is 3.92. The van der Waals surface area contributed by atoms with Crippen molar-refractivity contribution in [2.75, 3.05) is 6.54 Å². The Kier molecular flexibility index (Phi) is 8.20. The van der Waals surface area contributed by atoms with Crippen molar-refractivity contribution in [1.82, 2.24) is 0 Å². The number of aliphatic hydroxyl groups is 1. The van der Waals surface area contributed by atoms with Crippen LogP contribution >= 0.6 is 22.6 Å². The monoisotopic (exact) mass is 385 g/mol. The number of alkyl halides is 1. The highest BCUT2D eigenvalue weighted by molar-refractivity contribution is 14.1. The molecule has 3 N–H and O–H groups in total. The maximum absolute atomic E-state index is 10.2. The molecule has 2 nitrogen and oxygen atoms in total. The lowest BCUT2D eigenvalue weighted by atomic mass is 10.1. The molecule has 3 heteroatoms. The Balaban J connectivity index is 2.65. The van der Waals surface area contributed by atoms with Crippen LogP contribution in [0.5, 0.6) is 0 Å². The fourth-order valence-electron chi connectivity index (χ4n) is 1.95. The van der Waals surface area contributed by atoms with Gasteiger partial charge < -0.3 is 10.8 Å². The summed E-state index contributed by atoms with van der Waals surface area (Å²) in [5.41, 5.74) is 7.74. The Bertz CT molecular complexity index is 460. The molecule has 0 aromatic heterocycles. The van der Waals surface area contributed by atoms with Gasteiger partial charge in [0.05, 0.1) is 0 Å². The van der Waals surface area contributed by atoms with Crippen LogP contribution in [0.2, 0.25) is 0 Å². The van der Waals surface area contributed by atoms with E-state index in [2.05, 4.69) is 30.9 Å². The number of hydrogen-bond donors (Lipinski definition) is 2. The molecule has 1 aromatic rings. The van der Waals surface area contributed by atoms with Gasteiger partial charge in [0.15, 0.2) is 3.61 Å². The first kappa shape index (κ1) is 17.5. The maximum atomic E-state index is 10.2. The molecule has 0 spiro atoms. The molecular formula is C17H24INO. The zero-order chi connectivity index (χ0) is 14.8. The summed E-state index contributed by atoms with van der Waals surface area (Å²) in [5, 5.41) is 10.2. The average Bonchev–Trinajstić information content (AvgIpc) is 2.44. The number of rotatable bonds is 7. The predicted octanol–water partition coefficient (Wildman–Crippen LogP) is 3.63. The highest BCUT2D eigenvalue weighted by Crippen LogP contribution is 2.22. The van der Waals surface area contributed by atoms with E-state index >= 15 is 0 Å². The molecule has 0 heterocycles. The molecule has 0 bridgehead atoms. The van der Waals surface area contributed by atoms with Crippen molar-refractivity contribution < 1.29 is 5.11 Å². The minimum Gasteiger partial charge on any atom is -0.369 e. The van der Waals surface area contributed by atoms with Gasteiger partial charge in [-0.15, -0.1) is 0 Å². The number of halogens is 1. The van der Waals surface area contributed by atoms with Gasteiger partial charge in [-0.2, -0.15) is 0 Å². The van der Waals surface area contributed by atoms with Crippen molar-refractivity contribution in [3.63, 3.8) is 0 Å². The quantitative estimate of drug-likeness (QED) is 0.326. The Morgan fingerprint density at radius 1 is 1.30 bits per heavy atom. The summed E-state index contributed by atoms with van der Waals surface area (Å²) in [6.07, 6.45) is 6.01. The minimum atomic E-state index is -0.916.